The Morgan fingerprint density at radius 2 is 2.29 bits per heavy atom. The van der Waals surface area contributed by atoms with Crippen molar-refractivity contribution in [2.45, 2.75) is 25.9 Å². The van der Waals surface area contributed by atoms with Crippen molar-refractivity contribution in [3.05, 3.63) is 23.6 Å². The maximum Gasteiger partial charge on any atom is 0.213 e. The van der Waals surface area contributed by atoms with Gasteiger partial charge in [-0.3, -0.25) is 0 Å². The lowest BCUT2D eigenvalue weighted by Crippen LogP contribution is -2.21. The highest BCUT2D eigenvalue weighted by Gasteiger charge is 2.25. The number of halogens is 1. The fraction of sp³-hybridized carbons (Fsp3) is 0.500. The van der Waals surface area contributed by atoms with Crippen LogP contribution in [0, 0.1) is 5.82 Å². The Labute approximate surface area is 82.5 Å². The predicted molar refractivity (Wildman–Crippen MR) is 50.6 cm³/mol. The molecule has 0 radical (unpaired) electrons. The maximum absolute atomic E-state index is 13.3. The number of hydrogen-bond donors (Lipinski definition) is 1. The highest BCUT2D eigenvalue weighted by atomic mass is 19.1. The first-order valence-electron chi connectivity index (χ1n) is 4.43. The second-order valence-electron chi connectivity index (χ2n) is 3.33. The largest absolute Gasteiger partial charge is 0.481 e. The van der Waals surface area contributed by atoms with Crippen molar-refractivity contribution in [3.8, 4) is 5.88 Å². The van der Waals surface area contributed by atoms with Crippen LogP contribution >= 0.6 is 0 Å². The summed E-state index contributed by atoms with van der Waals surface area (Å²) in [5.41, 5.74) is -0.966. The summed E-state index contributed by atoms with van der Waals surface area (Å²) in [6.45, 7) is 3.34. The molecule has 1 aromatic heterocycles. The third kappa shape index (κ3) is 2.01. The minimum Gasteiger partial charge on any atom is -0.481 e. The van der Waals surface area contributed by atoms with Gasteiger partial charge >= 0.3 is 0 Å². The standard InChI is InChI=1S/C10H14FNO2/c1-4-10(2,13)7-5-9(14-3)12-6-8(7)11/h5-6,13H,4H2,1-3H3. The second kappa shape index (κ2) is 3.92. The molecule has 0 amide bonds. The number of hydrogen-bond acceptors (Lipinski definition) is 3. The highest BCUT2D eigenvalue weighted by molar-refractivity contribution is 5.27. The van der Waals surface area contributed by atoms with Gasteiger partial charge in [-0.2, -0.15) is 0 Å². The summed E-state index contributed by atoms with van der Waals surface area (Å²) >= 11 is 0. The van der Waals surface area contributed by atoms with Crippen LogP contribution in [0.1, 0.15) is 25.8 Å². The van der Waals surface area contributed by atoms with E-state index in [-0.39, 0.29) is 5.56 Å². The third-order valence-electron chi connectivity index (χ3n) is 2.31. The zero-order valence-electron chi connectivity index (χ0n) is 8.54. The summed E-state index contributed by atoms with van der Waals surface area (Å²) in [5, 5.41) is 9.87. The molecule has 4 heteroatoms. The molecule has 1 aromatic rings. The minimum absolute atomic E-state index is 0.215. The van der Waals surface area contributed by atoms with E-state index < -0.39 is 11.4 Å². The molecule has 0 saturated carbocycles. The van der Waals surface area contributed by atoms with Crippen LogP contribution < -0.4 is 4.74 Å². The highest BCUT2D eigenvalue weighted by Crippen LogP contribution is 2.28. The Morgan fingerprint density at radius 1 is 1.64 bits per heavy atom. The molecular weight excluding hydrogens is 185 g/mol. The molecule has 1 atom stereocenters. The first kappa shape index (κ1) is 10.9. The van der Waals surface area contributed by atoms with Crippen LogP contribution in [0.25, 0.3) is 0 Å². The molecule has 3 nitrogen and oxygen atoms in total. The fourth-order valence-corrected chi connectivity index (χ4v) is 1.13. The molecule has 1 N–H and O–H groups in total. The first-order valence-corrected chi connectivity index (χ1v) is 4.43. The second-order valence-corrected chi connectivity index (χ2v) is 3.33. The number of aliphatic hydroxyl groups is 1. The molecule has 0 saturated heterocycles. The van der Waals surface area contributed by atoms with Crippen LogP contribution in [-0.2, 0) is 5.60 Å². The lowest BCUT2D eigenvalue weighted by Gasteiger charge is -2.22. The topological polar surface area (TPSA) is 42.4 Å². The Morgan fingerprint density at radius 3 is 2.79 bits per heavy atom. The van der Waals surface area contributed by atoms with E-state index in [0.717, 1.165) is 6.20 Å². The van der Waals surface area contributed by atoms with E-state index >= 15 is 0 Å². The van der Waals surface area contributed by atoms with E-state index in [9.17, 15) is 9.50 Å². The van der Waals surface area contributed by atoms with E-state index in [1.165, 1.54) is 13.2 Å². The van der Waals surface area contributed by atoms with Crippen LogP contribution in [0.3, 0.4) is 0 Å². The average Bonchev–Trinajstić information content (AvgIpc) is 2.18. The Kier molecular flexibility index (Phi) is 3.06. The first-order chi connectivity index (χ1) is 6.51. The molecule has 0 spiro atoms. The molecule has 78 valence electrons. The third-order valence-corrected chi connectivity index (χ3v) is 2.31. The number of methoxy groups -OCH3 is 1. The summed E-state index contributed by atoms with van der Waals surface area (Å²) in [5.74, 6) is -0.215. The molecule has 0 aliphatic rings. The molecule has 0 fully saturated rings. The van der Waals surface area contributed by atoms with Crippen molar-refractivity contribution < 1.29 is 14.2 Å². The van der Waals surface area contributed by atoms with Crippen LogP contribution in [-0.4, -0.2) is 17.2 Å². The molecule has 1 rings (SSSR count). The summed E-state index contributed by atoms with van der Waals surface area (Å²) in [4.78, 5) is 3.70. The molecular formula is C10H14FNO2. The molecule has 0 bridgehead atoms. The molecule has 0 aliphatic carbocycles. The van der Waals surface area contributed by atoms with E-state index in [4.69, 9.17) is 4.74 Å². The number of pyridine rings is 1. The summed E-state index contributed by atoms with van der Waals surface area (Å²) in [6, 6.07) is 1.42. The lowest BCUT2D eigenvalue weighted by molar-refractivity contribution is 0.0488. The number of aromatic nitrogens is 1. The Hall–Kier alpha value is -1.16. The monoisotopic (exact) mass is 199 g/mol. The van der Waals surface area contributed by atoms with Gasteiger partial charge in [0.15, 0.2) is 0 Å². The lowest BCUT2D eigenvalue weighted by atomic mass is 9.94. The van der Waals surface area contributed by atoms with E-state index in [1.54, 1.807) is 13.8 Å². The van der Waals surface area contributed by atoms with Crippen molar-refractivity contribution in [1.29, 1.82) is 0 Å². The maximum atomic E-state index is 13.3. The van der Waals surface area contributed by atoms with Crippen LogP contribution in [0.5, 0.6) is 5.88 Å². The van der Waals surface area contributed by atoms with Crippen LogP contribution in [0.15, 0.2) is 12.3 Å². The molecule has 0 aromatic carbocycles. The van der Waals surface area contributed by atoms with Gasteiger partial charge in [-0.15, -0.1) is 0 Å². The SMILES string of the molecule is CCC(C)(O)c1cc(OC)ncc1F. The zero-order valence-corrected chi connectivity index (χ0v) is 8.54. The van der Waals surface area contributed by atoms with Crippen molar-refractivity contribution in [3.63, 3.8) is 0 Å². The predicted octanol–water partition coefficient (Wildman–Crippen LogP) is 1.85. The minimum atomic E-state index is -1.18. The van der Waals surface area contributed by atoms with Gasteiger partial charge in [0, 0.05) is 11.6 Å². The van der Waals surface area contributed by atoms with Crippen LogP contribution in [0.4, 0.5) is 4.39 Å². The van der Waals surface area contributed by atoms with Gasteiger partial charge in [-0.25, -0.2) is 9.37 Å². The summed E-state index contributed by atoms with van der Waals surface area (Å²) in [7, 11) is 1.45. The van der Waals surface area contributed by atoms with Crippen molar-refractivity contribution in [2.75, 3.05) is 7.11 Å². The van der Waals surface area contributed by atoms with Crippen LogP contribution in [0.2, 0.25) is 0 Å². The quantitative estimate of drug-likeness (QED) is 0.807. The normalized spacial score (nSPS) is 14.9. The summed E-state index contributed by atoms with van der Waals surface area (Å²) in [6.07, 6.45) is 1.48. The molecule has 14 heavy (non-hydrogen) atoms. The average molecular weight is 199 g/mol. The van der Waals surface area contributed by atoms with Crippen molar-refractivity contribution in [2.24, 2.45) is 0 Å². The van der Waals surface area contributed by atoms with Gasteiger partial charge in [0.25, 0.3) is 0 Å². The van der Waals surface area contributed by atoms with Gasteiger partial charge in [0.05, 0.1) is 18.9 Å². The van der Waals surface area contributed by atoms with E-state index in [0.29, 0.717) is 12.3 Å². The van der Waals surface area contributed by atoms with Gasteiger partial charge < -0.3 is 9.84 Å². The smallest absolute Gasteiger partial charge is 0.213 e. The number of ether oxygens (including phenoxy) is 1. The fourth-order valence-electron chi connectivity index (χ4n) is 1.13. The Bertz CT molecular complexity index is 326. The zero-order chi connectivity index (χ0) is 10.8. The van der Waals surface area contributed by atoms with Gasteiger partial charge in [-0.05, 0) is 13.3 Å². The van der Waals surface area contributed by atoms with Gasteiger partial charge in [-0.1, -0.05) is 6.92 Å². The van der Waals surface area contributed by atoms with E-state index in [1.807, 2.05) is 0 Å². The molecule has 0 aliphatic heterocycles. The van der Waals surface area contributed by atoms with Gasteiger partial charge in [0.2, 0.25) is 5.88 Å². The summed E-state index contributed by atoms with van der Waals surface area (Å²) < 4.78 is 18.2. The van der Waals surface area contributed by atoms with Gasteiger partial charge in [0.1, 0.15) is 5.82 Å². The number of nitrogens with zero attached hydrogens (tertiary/aromatic N) is 1. The van der Waals surface area contributed by atoms with Crippen molar-refractivity contribution in [1.82, 2.24) is 4.98 Å². The van der Waals surface area contributed by atoms with E-state index in [2.05, 4.69) is 4.98 Å². The Balaban J connectivity index is 3.18. The molecule has 1 unspecified atom stereocenters. The van der Waals surface area contributed by atoms with Crippen molar-refractivity contribution >= 4 is 0 Å². The molecule has 1 heterocycles. The number of rotatable bonds is 3.